The Bertz CT molecular complexity index is 741. The number of carbonyl (C=O) groups is 2. The lowest BCUT2D eigenvalue weighted by molar-refractivity contribution is -0.129. The minimum atomic E-state index is 0.0121. The quantitative estimate of drug-likeness (QED) is 0.940. The number of nitrogens with one attached hydrogen (secondary N) is 1. The zero-order valence-electron chi connectivity index (χ0n) is 13.9. The van der Waals surface area contributed by atoms with E-state index in [1.165, 1.54) is 5.56 Å². The first-order valence-corrected chi connectivity index (χ1v) is 8.33. The van der Waals surface area contributed by atoms with Crippen LogP contribution in [0.3, 0.4) is 0 Å². The lowest BCUT2D eigenvalue weighted by Gasteiger charge is -2.28. The van der Waals surface area contributed by atoms with E-state index in [0.29, 0.717) is 13.0 Å². The van der Waals surface area contributed by atoms with Crippen molar-refractivity contribution in [2.45, 2.75) is 32.7 Å². The van der Waals surface area contributed by atoms with Crippen LogP contribution in [-0.2, 0) is 29.0 Å². The van der Waals surface area contributed by atoms with Gasteiger partial charge in [0.15, 0.2) is 0 Å². The van der Waals surface area contributed by atoms with E-state index in [1.807, 2.05) is 47.4 Å². The van der Waals surface area contributed by atoms with Crippen LogP contribution in [0.4, 0.5) is 5.69 Å². The summed E-state index contributed by atoms with van der Waals surface area (Å²) < 4.78 is 0. The van der Waals surface area contributed by atoms with Crippen molar-refractivity contribution in [2.24, 2.45) is 0 Å². The van der Waals surface area contributed by atoms with Crippen molar-refractivity contribution < 1.29 is 9.59 Å². The minimum absolute atomic E-state index is 0.0121. The highest BCUT2D eigenvalue weighted by Crippen LogP contribution is 2.23. The molecule has 0 saturated carbocycles. The van der Waals surface area contributed by atoms with Crippen molar-refractivity contribution >= 4 is 17.5 Å². The molecule has 0 bridgehead atoms. The van der Waals surface area contributed by atoms with Gasteiger partial charge in [0, 0.05) is 32.1 Å². The molecule has 0 unspecified atom stereocenters. The van der Waals surface area contributed by atoms with Crippen molar-refractivity contribution in [1.82, 2.24) is 4.90 Å². The van der Waals surface area contributed by atoms with Crippen LogP contribution in [0.15, 0.2) is 48.5 Å². The van der Waals surface area contributed by atoms with Crippen molar-refractivity contribution in [1.29, 1.82) is 0 Å². The van der Waals surface area contributed by atoms with E-state index in [-0.39, 0.29) is 11.8 Å². The van der Waals surface area contributed by atoms with Gasteiger partial charge >= 0.3 is 0 Å². The zero-order valence-corrected chi connectivity index (χ0v) is 13.9. The second-order valence-corrected chi connectivity index (χ2v) is 6.21. The van der Waals surface area contributed by atoms with Crippen LogP contribution in [0, 0.1) is 0 Å². The third-order valence-electron chi connectivity index (χ3n) is 4.43. The number of hydrogen-bond acceptors (Lipinski definition) is 2. The molecule has 24 heavy (non-hydrogen) atoms. The molecule has 1 N–H and O–H groups in total. The van der Waals surface area contributed by atoms with Crippen molar-refractivity contribution in [3.63, 3.8) is 0 Å². The summed E-state index contributed by atoms with van der Waals surface area (Å²) >= 11 is 0. The van der Waals surface area contributed by atoms with Gasteiger partial charge in [0.1, 0.15) is 0 Å². The number of amides is 2. The van der Waals surface area contributed by atoms with Crippen molar-refractivity contribution in [3.05, 3.63) is 65.2 Å². The standard InChI is InChI=1S/C20H22N2O2/c1-15(23)22-12-11-17-8-9-19(13-18(17)14-22)21-20(24)10-7-16-5-3-2-4-6-16/h2-6,8-9,13H,7,10-12,14H2,1H3,(H,21,24). The van der Waals surface area contributed by atoms with Crippen LogP contribution >= 0.6 is 0 Å². The Kier molecular flexibility index (Phi) is 4.94. The molecule has 0 fully saturated rings. The highest BCUT2D eigenvalue weighted by atomic mass is 16.2. The monoisotopic (exact) mass is 322 g/mol. The molecular weight excluding hydrogens is 300 g/mol. The van der Waals surface area contributed by atoms with Gasteiger partial charge in [0.2, 0.25) is 11.8 Å². The molecule has 1 heterocycles. The van der Waals surface area contributed by atoms with Crippen molar-refractivity contribution in [2.75, 3.05) is 11.9 Å². The van der Waals surface area contributed by atoms with Gasteiger partial charge in [-0.1, -0.05) is 36.4 Å². The van der Waals surface area contributed by atoms with E-state index in [1.54, 1.807) is 6.92 Å². The van der Waals surface area contributed by atoms with Gasteiger partial charge < -0.3 is 10.2 Å². The van der Waals surface area contributed by atoms with Gasteiger partial charge in [-0.3, -0.25) is 9.59 Å². The maximum absolute atomic E-state index is 12.2. The molecule has 0 aliphatic carbocycles. The molecule has 124 valence electrons. The fourth-order valence-electron chi connectivity index (χ4n) is 3.03. The molecule has 2 amide bonds. The Hall–Kier alpha value is -2.62. The molecule has 0 aromatic heterocycles. The number of benzene rings is 2. The zero-order chi connectivity index (χ0) is 16.9. The second kappa shape index (κ2) is 7.30. The summed E-state index contributed by atoms with van der Waals surface area (Å²) in [6.07, 6.45) is 2.06. The molecule has 2 aromatic carbocycles. The number of rotatable bonds is 4. The molecule has 4 nitrogen and oxygen atoms in total. The van der Waals surface area contributed by atoms with E-state index >= 15 is 0 Å². The lowest BCUT2D eigenvalue weighted by atomic mass is 9.99. The normalized spacial score (nSPS) is 13.3. The number of hydrogen-bond donors (Lipinski definition) is 1. The van der Waals surface area contributed by atoms with Crippen LogP contribution in [0.2, 0.25) is 0 Å². The summed E-state index contributed by atoms with van der Waals surface area (Å²) in [5, 5.41) is 2.96. The fraction of sp³-hybridized carbons (Fsp3) is 0.300. The summed E-state index contributed by atoms with van der Waals surface area (Å²) in [6, 6.07) is 16.0. The molecule has 3 rings (SSSR count). The first kappa shape index (κ1) is 16.2. The molecule has 1 aliphatic rings. The minimum Gasteiger partial charge on any atom is -0.338 e. The highest BCUT2D eigenvalue weighted by molar-refractivity contribution is 5.91. The van der Waals surface area contributed by atoms with Crippen LogP contribution in [0.25, 0.3) is 0 Å². The predicted octanol–water partition coefficient (Wildman–Crippen LogP) is 3.16. The molecule has 0 spiro atoms. The molecule has 0 saturated heterocycles. The number of aryl methyl sites for hydroxylation is 1. The summed E-state index contributed by atoms with van der Waals surface area (Å²) in [5.41, 5.74) is 4.35. The van der Waals surface area contributed by atoms with E-state index in [2.05, 4.69) is 11.4 Å². The lowest BCUT2D eigenvalue weighted by Crippen LogP contribution is -2.34. The average Bonchev–Trinajstić information content (AvgIpc) is 2.60. The average molecular weight is 322 g/mol. The topological polar surface area (TPSA) is 49.4 Å². The van der Waals surface area contributed by atoms with Gasteiger partial charge in [0.25, 0.3) is 0 Å². The first-order valence-electron chi connectivity index (χ1n) is 8.33. The van der Waals surface area contributed by atoms with E-state index in [4.69, 9.17) is 0 Å². The number of carbonyl (C=O) groups excluding carboxylic acids is 2. The van der Waals surface area contributed by atoms with Crippen LogP contribution in [-0.4, -0.2) is 23.3 Å². The molecule has 0 radical (unpaired) electrons. The van der Waals surface area contributed by atoms with E-state index < -0.39 is 0 Å². The molecule has 0 atom stereocenters. The maximum Gasteiger partial charge on any atom is 0.224 e. The Morgan fingerprint density at radius 3 is 2.62 bits per heavy atom. The maximum atomic E-state index is 12.2. The Morgan fingerprint density at radius 2 is 1.88 bits per heavy atom. The molecular formula is C20H22N2O2. The Labute approximate surface area is 142 Å². The van der Waals surface area contributed by atoms with Gasteiger partial charge in [-0.2, -0.15) is 0 Å². The third kappa shape index (κ3) is 4.02. The molecule has 1 aliphatic heterocycles. The first-order chi connectivity index (χ1) is 11.6. The second-order valence-electron chi connectivity index (χ2n) is 6.21. The number of nitrogens with zero attached hydrogens (tertiary/aromatic N) is 1. The predicted molar refractivity (Wildman–Crippen MR) is 94.6 cm³/mol. The molecule has 2 aromatic rings. The molecule has 4 heteroatoms. The highest BCUT2D eigenvalue weighted by Gasteiger charge is 2.18. The number of fused-ring (bicyclic) bond motifs is 1. The third-order valence-corrected chi connectivity index (χ3v) is 4.43. The largest absolute Gasteiger partial charge is 0.338 e. The summed E-state index contributed by atoms with van der Waals surface area (Å²) in [4.78, 5) is 25.5. The van der Waals surface area contributed by atoms with Crippen LogP contribution in [0.5, 0.6) is 0 Å². The SMILES string of the molecule is CC(=O)N1CCc2ccc(NC(=O)CCc3ccccc3)cc2C1. The van der Waals surface area contributed by atoms with Crippen molar-refractivity contribution in [3.8, 4) is 0 Å². The summed E-state index contributed by atoms with van der Waals surface area (Å²) in [7, 11) is 0. The van der Waals surface area contributed by atoms with Gasteiger partial charge in [-0.05, 0) is 41.7 Å². The van der Waals surface area contributed by atoms with Gasteiger partial charge in [-0.15, -0.1) is 0 Å². The smallest absolute Gasteiger partial charge is 0.224 e. The van der Waals surface area contributed by atoms with Gasteiger partial charge in [-0.25, -0.2) is 0 Å². The Balaban J connectivity index is 1.60. The fourth-order valence-corrected chi connectivity index (χ4v) is 3.03. The van der Waals surface area contributed by atoms with Crippen LogP contribution in [0.1, 0.15) is 30.0 Å². The van der Waals surface area contributed by atoms with Gasteiger partial charge in [0.05, 0.1) is 0 Å². The number of anilines is 1. The Morgan fingerprint density at radius 1 is 1.08 bits per heavy atom. The van der Waals surface area contributed by atoms with Crippen LogP contribution < -0.4 is 5.32 Å². The summed E-state index contributed by atoms with van der Waals surface area (Å²) in [6.45, 7) is 2.99. The van der Waals surface area contributed by atoms with E-state index in [9.17, 15) is 9.59 Å². The summed E-state index contributed by atoms with van der Waals surface area (Å²) in [5.74, 6) is 0.107. The van der Waals surface area contributed by atoms with E-state index in [0.717, 1.165) is 36.2 Å².